The summed E-state index contributed by atoms with van der Waals surface area (Å²) in [6.07, 6.45) is 0. The van der Waals surface area contributed by atoms with Crippen LogP contribution in [0, 0.1) is 0 Å². The number of hydrogen-bond donors (Lipinski definition) is 2. The number of nitrogens with zero attached hydrogens (tertiary/aromatic N) is 4. The Morgan fingerprint density at radius 2 is 1.67 bits per heavy atom. The molecule has 1 heterocycles. The summed E-state index contributed by atoms with van der Waals surface area (Å²) >= 11 is 0. The molecule has 0 aliphatic carbocycles. The van der Waals surface area contributed by atoms with Gasteiger partial charge in [0.15, 0.2) is 5.82 Å². The molecule has 12 nitrogen and oxygen atoms in total. The van der Waals surface area contributed by atoms with E-state index in [-0.39, 0.29) is 34.4 Å². The van der Waals surface area contributed by atoms with Crippen molar-refractivity contribution in [3.63, 3.8) is 0 Å². The summed E-state index contributed by atoms with van der Waals surface area (Å²) in [5, 5.41) is 5.11. The number of aromatic nitrogens is 2. The quantitative estimate of drug-likeness (QED) is 0.608. The number of carbonyl (C=O) groups excluding carboxylic acids is 2. The van der Waals surface area contributed by atoms with E-state index < -0.39 is 27.8 Å². The number of rotatable bonds is 7. The standard InChI is InChI=1S/C17H22N6O6S/c1-22(2)16(24)10-6-5-7-11(23(17(18)25)9-30(19,26)27)14(10)15-20-12(28-3)8-13(21-15)29-4/h5-8H,9H2,1-4H3,(H2,18,25)(H2,19,26,27). The molecule has 0 radical (unpaired) electrons. The van der Waals surface area contributed by atoms with Crippen molar-refractivity contribution in [3.8, 4) is 23.1 Å². The van der Waals surface area contributed by atoms with Crippen LogP contribution in [0.5, 0.6) is 11.8 Å². The van der Waals surface area contributed by atoms with Gasteiger partial charge in [-0.2, -0.15) is 9.97 Å². The predicted molar refractivity (Wildman–Crippen MR) is 109 cm³/mol. The normalized spacial score (nSPS) is 11.0. The van der Waals surface area contributed by atoms with E-state index in [4.69, 9.17) is 20.3 Å². The zero-order valence-corrected chi connectivity index (χ0v) is 17.6. The van der Waals surface area contributed by atoms with Crippen LogP contribution in [-0.2, 0) is 10.0 Å². The Labute approximate surface area is 173 Å². The average molecular weight is 438 g/mol. The lowest BCUT2D eigenvalue weighted by Gasteiger charge is -2.24. The molecule has 3 amide bonds. The van der Waals surface area contributed by atoms with Crippen LogP contribution in [0.2, 0.25) is 0 Å². The lowest BCUT2D eigenvalue weighted by molar-refractivity contribution is 0.0828. The van der Waals surface area contributed by atoms with Crippen LogP contribution in [0.3, 0.4) is 0 Å². The number of hydrogen-bond acceptors (Lipinski definition) is 8. The minimum absolute atomic E-state index is 0.0282. The Morgan fingerprint density at radius 1 is 1.10 bits per heavy atom. The molecule has 0 saturated heterocycles. The van der Waals surface area contributed by atoms with Crippen LogP contribution in [-0.4, -0.2) is 69.4 Å². The maximum Gasteiger partial charge on any atom is 0.320 e. The highest BCUT2D eigenvalue weighted by Gasteiger charge is 2.28. The Kier molecular flexibility index (Phi) is 6.79. The second kappa shape index (κ2) is 8.92. The van der Waals surface area contributed by atoms with E-state index in [2.05, 4.69) is 9.97 Å². The fraction of sp³-hybridized carbons (Fsp3) is 0.294. The van der Waals surface area contributed by atoms with E-state index in [0.29, 0.717) is 4.90 Å². The van der Waals surface area contributed by atoms with Crippen LogP contribution >= 0.6 is 0 Å². The fourth-order valence-corrected chi connectivity index (χ4v) is 3.20. The summed E-state index contributed by atoms with van der Waals surface area (Å²) in [7, 11) is 1.66. The smallest absolute Gasteiger partial charge is 0.320 e. The minimum Gasteiger partial charge on any atom is -0.481 e. The highest BCUT2D eigenvalue weighted by atomic mass is 32.2. The molecule has 13 heteroatoms. The summed E-state index contributed by atoms with van der Waals surface area (Å²) in [6, 6.07) is 4.65. The van der Waals surface area contributed by atoms with Crippen molar-refractivity contribution in [1.82, 2.24) is 14.9 Å². The minimum atomic E-state index is -4.15. The summed E-state index contributed by atoms with van der Waals surface area (Å²) < 4.78 is 33.6. The number of urea groups is 1. The summed E-state index contributed by atoms with van der Waals surface area (Å²) in [5.41, 5.74) is 5.52. The van der Waals surface area contributed by atoms with Crippen LogP contribution in [0.15, 0.2) is 24.3 Å². The van der Waals surface area contributed by atoms with Gasteiger partial charge in [-0.05, 0) is 12.1 Å². The number of carbonyl (C=O) groups is 2. The first-order valence-corrected chi connectivity index (χ1v) is 10.1. The van der Waals surface area contributed by atoms with Gasteiger partial charge in [-0.15, -0.1) is 0 Å². The van der Waals surface area contributed by atoms with Gasteiger partial charge in [0, 0.05) is 14.1 Å². The zero-order chi connectivity index (χ0) is 22.6. The van der Waals surface area contributed by atoms with Crippen LogP contribution in [0.1, 0.15) is 10.4 Å². The molecule has 0 atom stereocenters. The molecule has 1 aromatic heterocycles. The molecule has 0 fully saturated rings. The first-order valence-electron chi connectivity index (χ1n) is 8.38. The Hall–Kier alpha value is -3.45. The van der Waals surface area contributed by atoms with Gasteiger partial charge in [0.1, 0.15) is 5.88 Å². The number of amides is 3. The van der Waals surface area contributed by atoms with Crippen molar-refractivity contribution in [2.75, 3.05) is 39.1 Å². The molecule has 0 unspecified atom stereocenters. The van der Waals surface area contributed by atoms with E-state index >= 15 is 0 Å². The van der Waals surface area contributed by atoms with Gasteiger partial charge < -0.3 is 20.1 Å². The van der Waals surface area contributed by atoms with Gasteiger partial charge >= 0.3 is 6.03 Å². The highest BCUT2D eigenvalue weighted by Crippen LogP contribution is 2.35. The maximum absolute atomic E-state index is 12.8. The Morgan fingerprint density at radius 3 is 2.10 bits per heavy atom. The topological polar surface area (TPSA) is 171 Å². The summed E-state index contributed by atoms with van der Waals surface area (Å²) in [5.74, 6) is -1.18. The number of benzene rings is 1. The maximum atomic E-state index is 12.8. The van der Waals surface area contributed by atoms with Gasteiger partial charge in [0.05, 0.1) is 37.1 Å². The first kappa shape index (κ1) is 22.8. The van der Waals surface area contributed by atoms with E-state index in [1.165, 1.54) is 57.5 Å². The highest BCUT2D eigenvalue weighted by molar-refractivity contribution is 7.89. The predicted octanol–water partition coefficient (Wildman–Crippen LogP) is -0.00630. The van der Waals surface area contributed by atoms with Crippen molar-refractivity contribution >= 4 is 27.6 Å². The summed E-state index contributed by atoms with van der Waals surface area (Å²) in [6.45, 7) is 0. The van der Waals surface area contributed by atoms with Gasteiger partial charge in [0.25, 0.3) is 5.91 Å². The molecule has 0 saturated carbocycles. The van der Waals surface area contributed by atoms with Crippen molar-refractivity contribution in [1.29, 1.82) is 0 Å². The molecular formula is C17H22N6O6S. The Bertz CT molecular complexity index is 1050. The lowest BCUT2D eigenvalue weighted by atomic mass is 10.0. The fourth-order valence-electron chi connectivity index (χ4n) is 2.58. The van der Waals surface area contributed by atoms with Gasteiger partial charge in [-0.1, -0.05) is 6.07 Å². The largest absolute Gasteiger partial charge is 0.481 e. The lowest BCUT2D eigenvalue weighted by Crippen LogP contribution is -2.42. The zero-order valence-electron chi connectivity index (χ0n) is 16.8. The average Bonchev–Trinajstić information content (AvgIpc) is 2.69. The third-order valence-corrected chi connectivity index (χ3v) is 4.48. The molecule has 4 N–H and O–H groups in total. The van der Waals surface area contributed by atoms with Gasteiger partial charge in [-0.3, -0.25) is 9.69 Å². The number of primary amides is 1. The molecule has 2 rings (SSSR count). The molecule has 1 aromatic carbocycles. The molecule has 0 bridgehead atoms. The number of sulfonamides is 1. The van der Waals surface area contributed by atoms with Crippen molar-refractivity contribution in [2.45, 2.75) is 0 Å². The SMILES string of the molecule is COc1cc(OC)nc(-c2c(C(=O)N(C)C)cccc2N(CS(N)(=O)=O)C(N)=O)n1. The van der Waals surface area contributed by atoms with Crippen LogP contribution < -0.4 is 25.2 Å². The monoisotopic (exact) mass is 438 g/mol. The number of ether oxygens (including phenoxy) is 2. The van der Waals surface area contributed by atoms with E-state index in [1.807, 2.05) is 0 Å². The number of anilines is 1. The van der Waals surface area contributed by atoms with E-state index in [0.717, 1.165) is 0 Å². The third-order valence-electron chi connectivity index (χ3n) is 3.87. The molecule has 30 heavy (non-hydrogen) atoms. The van der Waals surface area contributed by atoms with Crippen LogP contribution in [0.4, 0.5) is 10.5 Å². The molecule has 0 spiro atoms. The third kappa shape index (κ3) is 5.12. The van der Waals surface area contributed by atoms with Crippen molar-refractivity contribution < 1.29 is 27.5 Å². The van der Waals surface area contributed by atoms with Gasteiger partial charge in [-0.25, -0.2) is 18.4 Å². The second-order valence-corrected chi connectivity index (χ2v) is 7.82. The molecule has 2 aromatic rings. The van der Waals surface area contributed by atoms with Crippen molar-refractivity contribution in [2.24, 2.45) is 10.9 Å². The van der Waals surface area contributed by atoms with Gasteiger partial charge in [0.2, 0.25) is 21.8 Å². The molecule has 162 valence electrons. The first-order chi connectivity index (χ1) is 14.0. The van der Waals surface area contributed by atoms with E-state index in [9.17, 15) is 18.0 Å². The van der Waals surface area contributed by atoms with Crippen molar-refractivity contribution in [3.05, 3.63) is 29.8 Å². The Balaban J connectivity index is 2.90. The number of primary sulfonamides is 1. The number of nitrogens with two attached hydrogens (primary N) is 2. The summed E-state index contributed by atoms with van der Waals surface area (Å²) in [4.78, 5) is 35.3. The molecule has 0 aliphatic heterocycles. The number of methoxy groups -OCH3 is 2. The molecular weight excluding hydrogens is 416 g/mol. The molecule has 0 aliphatic rings. The van der Waals surface area contributed by atoms with Crippen LogP contribution in [0.25, 0.3) is 11.4 Å². The second-order valence-electron chi connectivity index (χ2n) is 6.23. The van der Waals surface area contributed by atoms with E-state index in [1.54, 1.807) is 0 Å².